The largest absolute Gasteiger partial charge is 0.359 e. The Morgan fingerprint density at radius 2 is 2.50 bits per heavy atom. The Bertz CT molecular complexity index is 205. The molecule has 0 aliphatic heterocycles. The third-order valence-corrected chi connectivity index (χ3v) is 1.47. The Morgan fingerprint density at radius 1 is 1.80 bits per heavy atom. The lowest BCUT2D eigenvalue weighted by Crippen LogP contribution is -2.05. The van der Waals surface area contributed by atoms with Crippen molar-refractivity contribution in [2.24, 2.45) is 5.73 Å². The van der Waals surface area contributed by atoms with Crippen molar-refractivity contribution in [2.75, 3.05) is 0 Å². The van der Waals surface area contributed by atoms with E-state index in [0.717, 1.165) is 17.7 Å². The van der Waals surface area contributed by atoms with Gasteiger partial charge in [0.1, 0.15) is 0 Å². The third-order valence-electron chi connectivity index (χ3n) is 1.47. The smallest absolute Gasteiger partial charge is 0.156 e. The minimum Gasteiger partial charge on any atom is -0.359 e. The first-order valence-corrected chi connectivity index (χ1v) is 3.44. The van der Waals surface area contributed by atoms with Crippen molar-refractivity contribution in [3.63, 3.8) is 0 Å². The van der Waals surface area contributed by atoms with Crippen LogP contribution in [0, 0.1) is 0 Å². The van der Waals surface area contributed by atoms with Gasteiger partial charge in [-0.15, -0.1) is 0 Å². The maximum Gasteiger partial charge on any atom is 0.156 e. The van der Waals surface area contributed by atoms with Crippen LogP contribution in [0.3, 0.4) is 0 Å². The van der Waals surface area contributed by atoms with E-state index < -0.39 is 0 Å². The Balaban J connectivity index is 2.90. The highest BCUT2D eigenvalue weighted by Crippen LogP contribution is 2.14. The molecule has 0 radical (unpaired) electrons. The summed E-state index contributed by atoms with van der Waals surface area (Å²) in [6, 6.07) is -0.0440. The Labute approximate surface area is 60.2 Å². The minimum absolute atomic E-state index is 0.0440. The van der Waals surface area contributed by atoms with Gasteiger partial charge in [-0.3, -0.25) is 0 Å². The summed E-state index contributed by atoms with van der Waals surface area (Å²) in [5, 5.41) is 3.66. The summed E-state index contributed by atoms with van der Waals surface area (Å²) in [6.07, 6.45) is 2.65. The van der Waals surface area contributed by atoms with Gasteiger partial charge in [0, 0.05) is 5.56 Å². The Kier molecular flexibility index (Phi) is 2.06. The maximum absolute atomic E-state index is 5.60. The van der Waals surface area contributed by atoms with Gasteiger partial charge >= 0.3 is 0 Å². The lowest BCUT2D eigenvalue weighted by molar-refractivity contribution is 0.366. The van der Waals surface area contributed by atoms with Gasteiger partial charge in [-0.1, -0.05) is 12.1 Å². The number of aryl methyl sites for hydroxylation is 1. The molecular formula is C7H12N2O. The van der Waals surface area contributed by atoms with Crippen molar-refractivity contribution in [1.82, 2.24) is 5.16 Å². The van der Waals surface area contributed by atoms with Crippen molar-refractivity contribution in [1.29, 1.82) is 0 Å². The molecule has 0 aliphatic carbocycles. The van der Waals surface area contributed by atoms with Gasteiger partial charge in [-0.25, -0.2) is 0 Å². The molecule has 1 rings (SSSR count). The molecule has 1 aromatic heterocycles. The minimum atomic E-state index is -0.0440. The van der Waals surface area contributed by atoms with E-state index in [1.54, 1.807) is 6.20 Å². The molecule has 0 amide bonds. The first-order valence-electron chi connectivity index (χ1n) is 3.44. The van der Waals surface area contributed by atoms with Crippen molar-refractivity contribution in [2.45, 2.75) is 26.3 Å². The predicted octanol–water partition coefficient (Wildman–Crippen LogP) is 1.26. The van der Waals surface area contributed by atoms with E-state index in [0.29, 0.717) is 0 Å². The maximum atomic E-state index is 5.60. The molecule has 0 aliphatic rings. The van der Waals surface area contributed by atoms with Crippen LogP contribution in [0.1, 0.15) is 31.2 Å². The molecule has 0 bridgehead atoms. The van der Waals surface area contributed by atoms with Crippen molar-refractivity contribution in [3.8, 4) is 0 Å². The van der Waals surface area contributed by atoms with E-state index in [-0.39, 0.29) is 6.04 Å². The molecule has 1 aromatic rings. The average molecular weight is 140 g/mol. The van der Waals surface area contributed by atoms with Gasteiger partial charge in [0.25, 0.3) is 0 Å². The van der Waals surface area contributed by atoms with Crippen LogP contribution in [0.15, 0.2) is 10.7 Å². The van der Waals surface area contributed by atoms with Gasteiger partial charge in [0.2, 0.25) is 0 Å². The normalized spacial score (nSPS) is 13.5. The quantitative estimate of drug-likeness (QED) is 0.672. The van der Waals surface area contributed by atoms with Crippen LogP contribution >= 0.6 is 0 Å². The van der Waals surface area contributed by atoms with Crippen molar-refractivity contribution >= 4 is 0 Å². The fourth-order valence-electron chi connectivity index (χ4n) is 0.910. The monoisotopic (exact) mass is 140 g/mol. The standard InChI is InChI=1S/C7H12N2O/c1-3-6-4-9-10-7(6)5(2)8/h4-5H,3,8H2,1-2H3. The van der Waals surface area contributed by atoms with Crippen LogP contribution in [0.25, 0.3) is 0 Å². The highest BCUT2D eigenvalue weighted by Gasteiger charge is 2.09. The molecule has 0 saturated carbocycles. The molecular weight excluding hydrogens is 128 g/mol. The topological polar surface area (TPSA) is 52.0 Å². The number of hydrogen-bond donors (Lipinski definition) is 1. The molecule has 0 aromatic carbocycles. The van der Waals surface area contributed by atoms with Crippen LogP contribution < -0.4 is 5.73 Å². The molecule has 0 fully saturated rings. The van der Waals surface area contributed by atoms with E-state index in [1.807, 2.05) is 6.92 Å². The van der Waals surface area contributed by atoms with E-state index in [4.69, 9.17) is 10.3 Å². The summed E-state index contributed by atoms with van der Waals surface area (Å²) in [5.41, 5.74) is 6.71. The Morgan fingerprint density at radius 3 is 2.90 bits per heavy atom. The Hall–Kier alpha value is -0.830. The number of aromatic nitrogens is 1. The second kappa shape index (κ2) is 2.84. The zero-order chi connectivity index (χ0) is 7.56. The molecule has 0 saturated heterocycles. The summed E-state index contributed by atoms with van der Waals surface area (Å²) in [6.45, 7) is 3.94. The zero-order valence-corrected chi connectivity index (χ0v) is 6.29. The highest BCUT2D eigenvalue weighted by molar-refractivity contribution is 5.15. The van der Waals surface area contributed by atoms with Crippen LogP contribution in [-0.4, -0.2) is 5.16 Å². The van der Waals surface area contributed by atoms with E-state index >= 15 is 0 Å². The summed E-state index contributed by atoms with van der Waals surface area (Å²) < 4.78 is 4.94. The van der Waals surface area contributed by atoms with Gasteiger partial charge in [-0.05, 0) is 13.3 Å². The van der Waals surface area contributed by atoms with Crippen LogP contribution in [-0.2, 0) is 6.42 Å². The van der Waals surface area contributed by atoms with Crippen molar-refractivity contribution in [3.05, 3.63) is 17.5 Å². The lowest BCUT2D eigenvalue weighted by Gasteiger charge is -1.99. The predicted molar refractivity (Wildman–Crippen MR) is 38.5 cm³/mol. The molecule has 3 heteroatoms. The zero-order valence-electron chi connectivity index (χ0n) is 6.29. The number of nitrogens with zero attached hydrogens (tertiary/aromatic N) is 1. The molecule has 2 N–H and O–H groups in total. The molecule has 10 heavy (non-hydrogen) atoms. The van der Waals surface area contributed by atoms with E-state index in [2.05, 4.69) is 12.1 Å². The van der Waals surface area contributed by atoms with Crippen LogP contribution in [0.4, 0.5) is 0 Å². The summed E-state index contributed by atoms with van der Waals surface area (Å²) in [7, 11) is 0. The first-order chi connectivity index (χ1) is 4.75. The van der Waals surface area contributed by atoms with Gasteiger partial charge in [-0.2, -0.15) is 0 Å². The van der Waals surface area contributed by atoms with Gasteiger partial charge in [0.05, 0.1) is 12.2 Å². The molecule has 1 unspecified atom stereocenters. The summed E-state index contributed by atoms with van der Waals surface area (Å²) in [5.74, 6) is 0.808. The van der Waals surface area contributed by atoms with Gasteiger partial charge < -0.3 is 10.3 Å². The third kappa shape index (κ3) is 1.19. The SMILES string of the molecule is CCc1cnoc1C(C)N. The second-order valence-electron chi connectivity index (χ2n) is 2.36. The molecule has 0 spiro atoms. The molecule has 3 nitrogen and oxygen atoms in total. The molecule has 1 heterocycles. The van der Waals surface area contributed by atoms with Gasteiger partial charge in [0.15, 0.2) is 5.76 Å². The average Bonchev–Trinajstić information content (AvgIpc) is 2.33. The summed E-state index contributed by atoms with van der Waals surface area (Å²) in [4.78, 5) is 0. The first kappa shape index (κ1) is 7.28. The second-order valence-corrected chi connectivity index (χ2v) is 2.36. The van der Waals surface area contributed by atoms with Crippen molar-refractivity contribution < 1.29 is 4.52 Å². The van der Waals surface area contributed by atoms with E-state index in [1.165, 1.54) is 0 Å². The lowest BCUT2D eigenvalue weighted by atomic mass is 10.1. The number of nitrogens with two attached hydrogens (primary N) is 1. The fraction of sp³-hybridized carbons (Fsp3) is 0.571. The molecule has 56 valence electrons. The number of hydrogen-bond acceptors (Lipinski definition) is 3. The fourth-order valence-corrected chi connectivity index (χ4v) is 0.910. The highest BCUT2D eigenvalue weighted by atomic mass is 16.5. The van der Waals surface area contributed by atoms with Crippen LogP contribution in [0.5, 0.6) is 0 Å². The summed E-state index contributed by atoms with van der Waals surface area (Å²) >= 11 is 0. The van der Waals surface area contributed by atoms with Crippen LogP contribution in [0.2, 0.25) is 0 Å². The van der Waals surface area contributed by atoms with E-state index in [9.17, 15) is 0 Å². The number of rotatable bonds is 2. The molecule has 1 atom stereocenters.